The van der Waals surface area contributed by atoms with Crippen LogP contribution in [0.25, 0.3) is 0 Å². The summed E-state index contributed by atoms with van der Waals surface area (Å²) >= 11 is 0. The van der Waals surface area contributed by atoms with Crippen molar-refractivity contribution in [3.63, 3.8) is 0 Å². The highest BCUT2D eigenvalue weighted by Gasteiger charge is 2.33. The lowest BCUT2D eigenvalue weighted by molar-refractivity contribution is 0.544. The van der Waals surface area contributed by atoms with Crippen molar-refractivity contribution in [3.8, 4) is 6.07 Å². The fourth-order valence-corrected chi connectivity index (χ4v) is 1.98. The van der Waals surface area contributed by atoms with Crippen LogP contribution in [0.4, 0.5) is 5.69 Å². The van der Waals surface area contributed by atoms with E-state index in [9.17, 15) is 5.26 Å². The summed E-state index contributed by atoms with van der Waals surface area (Å²) in [6, 6.07) is 10.6. The zero-order valence-corrected chi connectivity index (χ0v) is 9.96. The minimum Gasteiger partial charge on any atom is -0.368 e. The maximum Gasteiger partial charge on any atom is 0.122 e. The lowest BCUT2D eigenvalue weighted by Crippen LogP contribution is -2.33. The quantitative estimate of drug-likeness (QED) is 0.832. The predicted molar refractivity (Wildman–Crippen MR) is 66.2 cm³/mol. The summed E-state index contributed by atoms with van der Waals surface area (Å²) in [5, 5.41) is 12.6. The number of benzene rings is 1. The molecule has 2 rings (SSSR count). The van der Waals surface area contributed by atoms with E-state index in [-0.39, 0.29) is 0 Å². The van der Waals surface area contributed by atoms with Crippen molar-refractivity contribution in [3.05, 3.63) is 29.8 Å². The van der Waals surface area contributed by atoms with E-state index in [1.807, 2.05) is 19.1 Å². The lowest BCUT2D eigenvalue weighted by Gasteiger charge is -2.24. The molecule has 0 amide bonds. The molecular weight excluding hydrogens is 196 g/mol. The van der Waals surface area contributed by atoms with E-state index < -0.39 is 5.54 Å². The van der Waals surface area contributed by atoms with Crippen LogP contribution in [0.1, 0.15) is 31.7 Å². The van der Waals surface area contributed by atoms with Crippen LogP contribution in [0.2, 0.25) is 0 Å². The Bertz CT molecular complexity index is 398. The molecule has 0 radical (unpaired) electrons. The number of nitrogens with one attached hydrogen (secondary N) is 1. The van der Waals surface area contributed by atoms with Gasteiger partial charge in [-0.15, -0.1) is 0 Å². The Labute approximate surface area is 97.3 Å². The van der Waals surface area contributed by atoms with E-state index in [0.29, 0.717) is 0 Å². The van der Waals surface area contributed by atoms with Crippen molar-refractivity contribution in [2.45, 2.75) is 38.6 Å². The van der Waals surface area contributed by atoms with Crippen LogP contribution < -0.4 is 5.32 Å². The molecule has 84 valence electrons. The Kier molecular flexibility index (Phi) is 2.87. The van der Waals surface area contributed by atoms with Gasteiger partial charge in [0.15, 0.2) is 0 Å². The van der Waals surface area contributed by atoms with Gasteiger partial charge in [-0.2, -0.15) is 5.26 Å². The van der Waals surface area contributed by atoms with Crippen LogP contribution in [0.15, 0.2) is 24.3 Å². The van der Waals surface area contributed by atoms with E-state index in [1.54, 1.807) is 0 Å². The molecule has 1 atom stereocenters. The molecule has 16 heavy (non-hydrogen) atoms. The van der Waals surface area contributed by atoms with Gasteiger partial charge in [0.05, 0.1) is 6.07 Å². The molecule has 0 spiro atoms. The van der Waals surface area contributed by atoms with Gasteiger partial charge in [-0.05, 0) is 38.3 Å². The van der Waals surface area contributed by atoms with E-state index in [1.165, 1.54) is 18.4 Å². The zero-order valence-electron chi connectivity index (χ0n) is 9.96. The Balaban J connectivity index is 2.05. The molecular formula is C14H18N2. The maximum atomic E-state index is 9.27. The Morgan fingerprint density at radius 3 is 2.50 bits per heavy atom. The monoisotopic (exact) mass is 214 g/mol. The van der Waals surface area contributed by atoms with Gasteiger partial charge >= 0.3 is 0 Å². The van der Waals surface area contributed by atoms with Crippen molar-refractivity contribution in [2.75, 3.05) is 5.32 Å². The zero-order chi connectivity index (χ0) is 11.6. The summed E-state index contributed by atoms with van der Waals surface area (Å²) in [5.74, 6) is 0.752. The first-order valence-electron chi connectivity index (χ1n) is 5.87. The summed E-state index contributed by atoms with van der Waals surface area (Å²) in [7, 11) is 0. The number of hydrogen-bond donors (Lipinski definition) is 1. The first kappa shape index (κ1) is 11.0. The molecule has 2 heteroatoms. The molecule has 1 N–H and O–H groups in total. The number of aryl methyl sites for hydroxylation is 1. The van der Waals surface area contributed by atoms with Gasteiger partial charge in [-0.1, -0.05) is 30.5 Å². The van der Waals surface area contributed by atoms with E-state index in [4.69, 9.17) is 0 Å². The highest BCUT2D eigenvalue weighted by atomic mass is 15.0. The highest BCUT2D eigenvalue weighted by molar-refractivity contribution is 5.48. The molecule has 1 aromatic rings. The molecule has 0 aromatic heterocycles. The van der Waals surface area contributed by atoms with Gasteiger partial charge in [0.2, 0.25) is 0 Å². The van der Waals surface area contributed by atoms with Gasteiger partial charge in [0.25, 0.3) is 0 Å². The number of anilines is 1. The number of rotatable bonds is 4. The third-order valence-electron chi connectivity index (χ3n) is 3.11. The first-order chi connectivity index (χ1) is 7.61. The Hall–Kier alpha value is -1.49. The smallest absolute Gasteiger partial charge is 0.122 e. The Morgan fingerprint density at radius 2 is 2.00 bits per heavy atom. The molecule has 1 aliphatic rings. The molecule has 0 aliphatic heterocycles. The maximum absolute atomic E-state index is 9.27. The number of hydrogen-bond acceptors (Lipinski definition) is 2. The largest absolute Gasteiger partial charge is 0.368 e. The van der Waals surface area contributed by atoms with Crippen LogP contribution in [-0.2, 0) is 0 Å². The van der Waals surface area contributed by atoms with Crippen LogP contribution in [0, 0.1) is 24.2 Å². The summed E-state index contributed by atoms with van der Waals surface area (Å²) < 4.78 is 0. The van der Waals surface area contributed by atoms with Crippen LogP contribution in [-0.4, -0.2) is 5.54 Å². The second-order valence-corrected chi connectivity index (χ2v) is 5.08. The van der Waals surface area contributed by atoms with Gasteiger partial charge in [-0.25, -0.2) is 0 Å². The topological polar surface area (TPSA) is 35.8 Å². The van der Waals surface area contributed by atoms with Gasteiger partial charge < -0.3 is 5.32 Å². The molecule has 1 unspecified atom stereocenters. The van der Waals surface area contributed by atoms with Crippen molar-refractivity contribution in [2.24, 2.45) is 5.92 Å². The number of nitrogens with zero attached hydrogens (tertiary/aromatic N) is 1. The molecule has 0 heterocycles. The minimum atomic E-state index is -0.420. The molecule has 1 saturated carbocycles. The molecule has 1 aliphatic carbocycles. The van der Waals surface area contributed by atoms with Crippen molar-refractivity contribution in [1.82, 2.24) is 0 Å². The lowest BCUT2D eigenvalue weighted by atomic mass is 9.96. The molecule has 1 aromatic carbocycles. The van der Waals surface area contributed by atoms with E-state index in [0.717, 1.165) is 18.0 Å². The summed E-state index contributed by atoms with van der Waals surface area (Å²) in [6.45, 7) is 4.06. The van der Waals surface area contributed by atoms with E-state index in [2.05, 4.69) is 30.4 Å². The average Bonchev–Trinajstić information content (AvgIpc) is 3.05. The van der Waals surface area contributed by atoms with Crippen LogP contribution >= 0.6 is 0 Å². The number of nitriles is 1. The van der Waals surface area contributed by atoms with Crippen LogP contribution in [0.5, 0.6) is 0 Å². The predicted octanol–water partition coefficient (Wildman–Crippen LogP) is 3.49. The summed E-state index contributed by atoms with van der Waals surface area (Å²) in [6.07, 6.45) is 3.52. The molecule has 2 nitrogen and oxygen atoms in total. The average molecular weight is 214 g/mol. The van der Waals surface area contributed by atoms with E-state index >= 15 is 0 Å². The van der Waals surface area contributed by atoms with Gasteiger partial charge in [0.1, 0.15) is 5.54 Å². The fraction of sp³-hybridized carbons (Fsp3) is 0.500. The van der Waals surface area contributed by atoms with Crippen molar-refractivity contribution >= 4 is 5.69 Å². The Morgan fingerprint density at radius 1 is 1.38 bits per heavy atom. The third-order valence-corrected chi connectivity index (χ3v) is 3.11. The normalized spacial score (nSPS) is 18.6. The second-order valence-electron chi connectivity index (χ2n) is 5.08. The van der Waals surface area contributed by atoms with Crippen molar-refractivity contribution in [1.29, 1.82) is 5.26 Å². The van der Waals surface area contributed by atoms with Gasteiger partial charge in [0, 0.05) is 5.69 Å². The molecule has 0 bridgehead atoms. The minimum absolute atomic E-state index is 0.420. The fourth-order valence-electron chi connectivity index (χ4n) is 1.98. The second kappa shape index (κ2) is 4.17. The summed E-state index contributed by atoms with van der Waals surface area (Å²) in [4.78, 5) is 0. The first-order valence-corrected chi connectivity index (χ1v) is 5.87. The summed E-state index contributed by atoms with van der Waals surface area (Å²) in [5.41, 5.74) is 1.86. The molecule has 0 saturated heterocycles. The standard InChI is InChI=1S/C14H18N2/c1-11-3-7-13(8-4-11)16-14(2,10-15)9-12-5-6-12/h3-4,7-8,12,16H,5-6,9H2,1-2H3. The molecule has 1 fully saturated rings. The van der Waals surface area contributed by atoms with Crippen molar-refractivity contribution < 1.29 is 0 Å². The van der Waals surface area contributed by atoms with Crippen LogP contribution in [0.3, 0.4) is 0 Å². The SMILES string of the molecule is Cc1ccc(NC(C)(C#N)CC2CC2)cc1. The van der Waals surface area contributed by atoms with Gasteiger partial charge in [-0.3, -0.25) is 0 Å². The highest BCUT2D eigenvalue weighted by Crippen LogP contribution is 2.37. The third kappa shape index (κ3) is 2.76.